The highest BCUT2D eigenvalue weighted by Gasteiger charge is 2.08. The van der Waals surface area contributed by atoms with E-state index in [2.05, 4.69) is 14.9 Å². The summed E-state index contributed by atoms with van der Waals surface area (Å²) in [4.78, 5) is 20.1. The fourth-order valence-electron chi connectivity index (χ4n) is 0.796. The number of carbonyl (C=O) groups excluding carboxylic acids is 2. The number of rotatable bonds is 4. The second-order valence-electron chi connectivity index (χ2n) is 2.71. The summed E-state index contributed by atoms with van der Waals surface area (Å²) in [5, 5.41) is 6.39. The van der Waals surface area contributed by atoms with Crippen LogP contribution in [0.5, 0.6) is 0 Å². The monoisotopic (exact) mass is 228 g/mol. The van der Waals surface area contributed by atoms with E-state index < -0.39 is 0 Å². The average molecular weight is 228 g/mol. The van der Waals surface area contributed by atoms with Crippen molar-refractivity contribution in [3.63, 3.8) is 0 Å². The van der Waals surface area contributed by atoms with Gasteiger partial charge in [-0.25, -0.2) is 4.79 Å². The molecule has 16 heavy (non-hydrogen) atoms. The number of ether oxygens (including phenoxy) is 2. The fourth-order valence-corrected chi connectivity index (χ4v) is 0.796. The first-order chi connectivity index (χ1) is 7.65. The number of hydrogen-bond donors (Lipinski definition) is 1. The van der Waals surface area contributed by atoms with Gasteiger partial charge in [-0.05, 0) is 26.8 Å². The summed E-state index contributed by atoms with van der Waals surface area (Å²) >= 11 is 0. The molecule has 0 aliphatic heterocycles. The standard InChI is InChI=1S/C7H10N2O2.C3H6O2/c1-3-11-7(10)6-4-5(2)8-9-6;1-2-5-3-4/h4H,3H2,1-2H3,(H,8,9);3H,2H2,1H3. The van der Waals surface area contributed by atoms with Gasteiger partial charge >= 0.3 is 5.97 Å². The number of nitrogens with one attached hydrogen (secondary N) is 1. The Morgan fingerprint density at radius 2 is 2.19 bits per heavy atom. The molecule has 0 saturated carbocycles. The lowest BCUT2D eigenvalue weighted by Gasteiger charge is -1.94. The van der Waals surface area contributed by atoms with Gasteiger partial charge in [-0.15, -0.1) is 0 Å². The predicted molar refractivity (Wildman–Crippen MR) is 57.0 cm³/mol. The number of aromatic nitrogens is 2. The zero-order chi connectivity index (χ0) is 12.4. The highest BCUT2D eigenvalue weighted by atomic mass is 16.5. The normalized spacial score (nSPS) is 8.69. The van der Waals surface area contributed by atoms with Crippen LogP contribution >= 0.6 is 0 Å². The van der Waals surface area contributed by atoms with Crippen molar-refractivity contribution >= 4 is 12.4 Å². The lowest BCUT2D eigenvalue weighted by atomic mass is 10.4. The second-order valence-corrected chi connectivity index (χ2v) is 2.71. The molecule has 1 aromatic rings. The van der Waals surface area contributed by atoms with E-state index in [-0.39, 0.29) is 5.97 Å². The van der Waals surface area contributed by atoms with Crippen molar-refractivity contribution < 1.29 is 19.1 Å². The Kier molecular flexibility index (Phi) is 7.48. The van der Waals surface area contributed by atoms with Crippen LogP contribution in [0.2, 0.25) is 0 Å². The first-order valence-corrected chi connectivity index (χ1v) is 4.90. The Labute approximate surface area is 93.9 Å². The molecule has 0 atom stereocenters. The molecule has 0 bridgehead atoms. The van der Waals surface area contributed by atoms with Crippen LogP contribution in [0.4, 0.5) is 0 Å². The molecule has 1 N–H and O–H groups in total. The third-order valence-electron chi connectivity index (χ3n) is 1.43. The van der Waals surface area contributed by atoms with Gasteiger partial charge < -0.3 is 9.47 Å². The lowest BCUT2D eigenvalue weighted by molar-refractivity contribution is -0.128. The van der Waals surface area contributed by atoms with Gasteiger partial charge in [0.1, 0.15) is 0 Å². The van der Waals surface area contributed by atoms with Crippen LogP contribution in [-0.2, 0) is 14.3 Å². The minimum atomic E-state index is -0.378. The minimum absolute atomic E-state index is 0.337. The van der Waals surface area contributed by atoms with E-state index in [9.17, 15) is 9.59 Å². The van der Waals surface area contributed by atoms with Crippen LogP contribution in [0.3, 0.4) is 0 Å². The van der Waals surface area contributed by atoms with Crippen LogP contribution in [0.25, 0.3) is 0 Å². The Morgan fingerprint density at radius 3 is 2.50 bits per heavy atom. The molecular formula is C10H16N2O4. The van der Waals surface area contributed by atoms with Gasteiger partial charge in [-0.1, -0.05) is 0 Å². The molecular weight excluding hydrogens is 212 g/mol. The Morgan fingerprint density at radius 1 is 1.50 bits per heavy atom. The number of esters is 1. The van der Waals surface area contributed by atoms with Gasteiger partial charge in [0.25, 0.3) is 6.47 Å². The van der Waals surface area contributed by atoms with Gasteiger partial charge in [0.15, 0.2) is 5.69 Å². The highest BCUT2D eigenvalue weighted by Crippen LogP contribution is 1.99. The van der Waals surface area contributed by atoms with E-state index in [4.69, 9.17) is 4.74 Å². The van der Waals surface area contributed by atoms with Gasteiger partial charge in [0.05, 0.1) is 13.2 Å². The fraction of sp³-hybridized carbons (Fsp3) is 0.500. The third kappa shape index (κ3) is 5.79. The molecule has 0 aromatic carbocycles. The van der Waals surface area contributed by atoms with Crippen molar-refractivity contribution in [2.75, 3.05) is 13.2 Å². The smallest absolute Gasteiger partial charge is 0.358 e. The second kappa shape index (κ2) is 8.46. The SMILES string of the molecule is CCOC(=O)c1cc(C)[nH]n1.CCOC=O. The number of hydrogen-bond acceptors (Lipinski definition) is 5. The van der Waals surface area contributed by atoms with Crippen molar-refractivity contribution in [3.8, 4) is 0 Å². The van der Waals surface area contributed by atoms with Crippen LogP contribution < -0.4 is 0 Å². The van der Waals surface area contributed by atoms with E-state index in [0.717, 1.165) is 5.69 Å². The number of carbonyl (C=O) groups is 2. The molecule has 0 radical (unpaired) electrons. The Bertz CT molecular complexity index is 322. The van der Waals surface area contributed by atoms with E-state index >= 15 is 0 Å². The molecule has 1 aromatic heterocycles. The van der Waals surface area contributed by atoms with Gasteiger partial charge in [0.2, 0.25) is 0 Å². The number of nitrogens with zero attached hydrogens (tertiary/aromatic N) is 1. The summed E-state index contributed by atoms with van der Waals surface area (Å²) in [7, 11) is 0. The maximum atomic E-state index is 11.0. The number of aryl methyl sites for hydroxylation is 1. The predicted octanol–water partition coefficient (Wildman–Crippen LogP) is 1.07. The molecule has 0 unspecified atom stereocenters. The topological polar surface area (TPSA) is 81.3 Å². The van der Waals surface area contributed by atoms with Crippen LogP contribution in [0.1, 0.15) is 30.0 Å². The summed E-state index contributed by atoms with van der Waals surface area (Å²) in [5.74, 6) is -0.378. The van der Waals surface area contributed by atoms with Crippen molar-refractivity contribution in [1.82, 2.24) is 10.2 Å². The molecule has 90 valence electrons. The quantitative estimate of drug-likeness (QED) is 0.616. The van der Waals surface area contributed by atoms with Crippen molar-refractivity contribution in [1.29, 1.82) is 0 Å². The molecule has 0 spiro atoms. The van der Waals surface area contributed by atoms with Crippen molar-refractivity contribution in [2.45, 2.75) is 20.8 Å². The van der Waals surface area contributed by atoms with Crippen LogP contribution in [0, 0.1) is 6.92 Å². The van der Waals surface area contributed by atoms with Crippen LogP contribution in [0.15, 0.2) is 6.07 Å². The summed E-state index contributed by atoms with van der Waals surface area (Å²) in [6.45, 7) is 6.63. The zero-order valence-corrected chi connectivity index (χ0v) is 9.65. The molecule has 0 amide bonds. The van der Waals surface area contributed by atoms with E-state index in [0.29, 0.717) is 25.4 Å². The molecule has 1 heterocycles. The average Bonchev–Trinajstić information content (AvgIpc) is 2.67. The summed E-state index contributed by atoms with van der Waals surface area (Å²) in [6.07, 6.45) is 0. The van der Waals surface area contributed by atoms with E-state index in [1.165, 1.54) is 0 Å². The molecule has 6 heteroatoms. The summed E-state index contributed by atoms with van der Waals surface area (Å²) in [6, 6.07) is 1.65. The van der Waals surface area contributed by atoms with Crippen molar-refractivity contribution in [2.24, 2.45) is 0 Å². The maximum absolute atomic E-state index is 11.0. The van der Waals surface area contributed by atoms with Crippen LogP contribution in [-0.4, -0.2) is 35.9 Å². The number of aromatic amines is 1. The highest BCUT2D eigenvalue weighted by molar-refractivity contribution is 5.87. The Hall–Kier alpha value is -1.85. The third-order valence-corrected chi connectivity index (χ3v) is 1.43. The molecule has 0 aliphatic carbocycles. The van der Waals surface area contributed by atoms with E-state index in [1.807, 2.05) is 6.92 Å². The van der Waals surface area contributed by atoms with Gasteiger partial charge in [0, 0.05) is 5.69 Å². The van der Waals surface area contributed by atoms with E-state index in [1.54, 1.807) is 19.9 Å². The summed E-state index contributed by atoms with van der Waals surface area (Å²) in [5.41, 5.74) is 1.19. The van der Waals surface area contributed by atoms with Gasteiger partial charge in [-0.3, -0.25) is 9.89 Å². The Balaban J connectivity index is 0.000000385. The first kappa shape index (κ1) is 14.2. The summed E-state index contributed by atoms with van der Waals surface area (Å²) < 4.78 is 8.87. The zero-order valence-electron chi connectivity index (χ0n) is 9.65. The van der Waals surface area contributed by atoms with Crippen molar-refractivity contribution in [3.05, 3.63) is 17.5 Å². The molecule has 6 nitrogen and oxygen atoms in total. The molecule has 0 aliphatic rings. The molecule has 0 fully saturated rings. The first-order valence-electron chi connectivity index (χ1n) is 4.90. The minimum Gasteiger partial charge on any atom is -0.468 e. The largest absolute Gasteiger partial charge is 0.468 e. The number of H-pyrrole nitrogens is 1. The maximum Gasteiger partial charge on any atom is 0.358 e. The molecule has 0 saturated heterocycles. The van der Waals surface area contributed by atoms with Gasteiger partial charge in [-0.2, -0.15) is 5.10 Å². The molecule has 1 rings (SSSR count). The lowest BCUT2D eigenvalue weighted by Crippen LogP contribution is -2.04.